The minimum Gasteiger partial charge on any atom is -0.390 e. The molecule has 0 aliphatic heterocycles. The fourth-order valence-electron chi connectivity index (χ4n) is 12.1. The van der Waals surface area contributed by atoms with Crippen LogP contribution in [0.5, 0.6) is 0 Å². The summed E-state index contributed by atoms with van der Waals surface area (Å²) in [4.78, 5) is 0. The van der Waals surface area contributed by atoms with Gasteiger partial charge < -0.3 is 10.2 Å². The van der Waals surface area contributed by atoms with Gasteiger partial charge in [-0.1, -0.05) is 48.5 Å². The van der Waals surface area contributed by atoms with E-state index in [1.807, 2.05) is 6.92 Å². The second-order valence-corrected chi connectivity index (χ2v) is 15.1. The van der Waals surface area contributed by atoms with Crippen molar-refractivity contribution < 1.29 is 10.2 Å². The molecule has 5 saturated carbocycles. The van der Waals surface area contributed by atoms with Crippen LogP contribution in [0.4, 0.5) is 0 Å². The molecule has 184 valence electrons. The predicted octanol–water partition coefficient (Wildman–Crippen LogP) is 7.22. The van der Waals surface area contributed by atoms with Crippen molar-refractivity contribution in [3.8, 4) is 0 Å². The summed E-state index contributed by atoms with van der Waals surface area (Å²) >= 11 is 0. The zero-order valence-corrected chi connectivity index (χ0v) is 22.4. The Hall–Kier alpha value is -0.0800. The van der Waals surface area contributed by atoms with Crippen molar-refractivity contribution in [3.05, 3.63) is 0 Å². The summed E-state index contributed by atoms with van der Waals surface area (Å²) in [6.07, 6.45) is 11.9. The van der Waals surface area contributed by atoms with E-state index in [1.165, 1.54) is 44.9 Å². The molecular weight excluding hydrogens is 392 g/mol. The van der Waals surface area contributed by atoms with Crippen LogP contribution in [-0.2, 0) is 0 Å². The van der Waals surface area contributed by atoms with Crippen LogP contribution in [0.25, 0.3) is 0 Å². The normalized spacial score (nSPS) is 62.2. The average molecular weight is 445 g/mol. The number of rotatable bonds is 1. The van der Waals surface area contributed by atoms with E-state index in [-0.39, 0.29) is 10.8 Å². The molecule has 0 amide bonds. The molecule has 2 nitrogen and oxygen atoms in total. The van der Waals surface area contributed by atoms with Gasteiger partial charge in [0.25, 0.3) is 0 Å². The van der Waals surface area contributed by atoms with Gasteiger partial charge >= 0.3 is 0 Å². The molecule has 0 aromatic heterocycles. The predicted molar refractivity (Wildman–Crippen MR) is 132 cm³/mol. The molecule has 0 aromatic rings. The molecule has 0 spiro atoms. The van der Waals surface area contributed by atoms with Gasteiger partial charge in [0.1, 0.15) is 0 Å². The van der Waals surface area contributed by atoms with Crippen molar-refractivity contribution in [1.82, 2.24) is 0 Å². The molecular formula is C30H52O2. The maximum atomic E-state index is 11.5. The van der Waals surface area contributed by atoms with E-state index in [2.05, 4.69) is 48.5 Å². The quantitative estimate of drug-likeness (QED) is 0.448. The number of aliphatic hydroxyl groups excluding tert-OH is 1. The molecule has 0 heterocycles. The Labute approximate surface area is 198 Å². The van der Waals surface area contributed by atoms with E-state index >= 15 is 0 Å². The lowest BCUT2D eigenvalue weighted by Crippen LogP contribution is -2.70. The molecule has 32 heavy (non-hydrogen) atoms. The molecule has 0 bridgehead atoms. The van der Waals surface area contributed by atoms with E-state index in [0.717, 1.165) is 42.9 Å². The monoisotopic (exact) mass is 444 g/mol. The van der Waals surface area contributed by atoms with Gasteiger partial charge in [-0.25, -0.2) is 0 Å². The molecule has 5 rings (SSSR count). The second-order valence-electron chi connectivity index (χ2n) is 15.1. The zero-order chi connectivity index (χ0) is 23.5. The van der Waals surface area contributed by atoms with Crippen LogP contribution in [0.1, 0.15) is 120 Å². The second kappa shape index (κ2) is 6.77. The molecule has 11 atom stereocenters. The Balaban J connectivity index is 1.53. The van der Waals surface area contributed by atoms with E-state index in [4.69, 9.17) is 0 Å². The van der Waals surface area contributed by atoms with Gasteiger partial charge in [-0.05, 0) is 122 Å². The largest absolute Gasteiger partial charge is 0.390 e. The smallest absolute Gasteiger partial charge is 0.0933 e. The Bertz CT molecular complexity index is 773. The van der Waals surface area contributed by atoms with Crippen molar-refractivity contribution in [1.29, 1.82) is 0 Å². The number of hydrogen-bond acceptors (Lipinski definition) is 2. The number of fused-ring (bicyclic) bond motifs is 7. The Morgan fingerprint density at radius 1 is 0.594 bits per heavy atom. The lowest BCUT2D eigenvalue weighted by Gasteiger charge is -2.74. The van der Waals surface area contributed by atoms with Crippen molar-refractivity contribution in [2.75, 3.05) is 0 Å². The minimum atomic E-state index is -0.966. The van der Waals surface area contributed by atoms with E-state index < -0.39 is 11.7 Å². The molecule has 11 unspecified atom stereocenters. The van der Waals surface area contributed by atoms with Crippen LogP contribution in [0.3, 0.4) is 0 Å². The molecule has 2 heteroatoms. The van der Waals surface area contributed by atoms with Crippen LogP contribution in [0, 0.1) is 56.7 Å². The van der Waals surface area contributed by atoms with Crippen LogP contribution in [-0.4, -0.2) is 21.9 Å². The SMILES string of the molecule is CC(C)C1CCC2C1(C)CCC1(C)C3CCC4(C)C(CCC(O)C4(C)O)C3(C)CCC21C. The Kier molecular flexibility index (Phi) is 5.01. The van der Waals surface area contributed by atoms with Gasteiger partial charge in [0.2, 0.25) is 0 Å². The highest BCUT2D eigenvalue weighted by molar-refractivity contribution is 5.21. The van der Waals surface area contributed by atoms with Crippen LogP contribution in [0.15, 0.2) is 0 Å². The highest BCUT2D eigenvalue weighted by Gasteiger charge is 2.73. The third kappa shape index (κ3) is 2.51. The highest BCUT2D eigenvalue weighted by Crippen LogP contribution is 2.79. The van der Waals surface area contributed by atoms with Gasteiger partial charge in [0.15, 0.2) is 0 Å². The first-order chi connectivity index (χ1) is 14.7. The topological polar surface area (TPSA) is 40.5 Å². The van der Waals surface area contributed by atoms with Crippen molar-refractivity contribution >= 4 is 0 Å². The zero-order valence-electron chi connectivity index (χ0n) is 22.4. The maximum absolute atomic E-state index is 11.5. The van der Waals surface area contributed by atoms with Gasteiger partial charge in [-0.15, -0.1) is 0 Å². The van der Waals surface area contributed by atoms with Crippen LogP contribution < -0.4 is 0 Å². The fourth-order valence-corrected chi connectivity index (χ4v) is 12.1. The van der Waals surface area contributed by atoms with Crippen molar-refractivity contribution in [3.63, 3.8) is 0 Å². The highest BCUT2D eigenvalue weighted by atomic mass is 16.3. The summed E-state index contributed by atoms with van der Waals surface area (Å²) in [5.74, 6) is 3.84. The molecule has 5 aliphatic carbocycles. The standard InChI is InChI=1S/C30H52O2/c1-19(2)20-9-10-21-25(20,3)15-17-28(6)23-13-14-29(7)22(11-12-24(31)30(29,8)32)26(23,4)16-18-27(21,28)5/h19-24,31-32H,9-18H2,1-8H3. The summed E-state index contributed by atoms with van der Waals surface area (Å²) in [5, 5.41) is 22.3. The molecule has 0 radical (unpaired) electrons. The Morgan fingerprint density at radius 3 is 1.69 bits per heavy atom. The third-order valence-electron chi connectivity index (χ3n) is 14.3. The van der Waals surface area contributed by atoms with Crippen LogP contribution >= 0.6 is 0 Å². The third-order valence-corrected chi connectivity index (χ3v) is 14.3. The molecule has 5 fully saturated rings. The summed E-state index contributed by atoms with van der Waals surface area (Å²) < 4.78 is 0. The maximum Gasteiger partial charge on any atom is 0.0933 e. The first-order valence-electron chi connectivity index (χ1n) is 14.1. The van der Waals surface area contributed by atoms with E-state index in [9.17, 15) is 10.2 Å². The summed E-state index contributed by atoms with van der Waals surface area (Å²) in [6.45, 7) is 19.9. The number of hydrogen-bond donors (Lipinski definition) is 2. The lowest BCUT2D eigenvalue weighted by molar-refractivity contribution is -0.283. The van der Waals surface area contributed by atoms with Gasteiger partial charge in [-0.3, -0.25) is 0 Å². The molecule has 2 N–H and O–H groups in total. The van der Waals surface area contributed by atoms with Gasteiger partial charge in [-0.2, -0.15) is 0 Å². The van der Waals surface area contributed by atoms with E-state index in [0.29, 0.717) is 22.2 Å². The van der Waals surface area contributed by atoms with Crippen molar-refractivity contribution in [2.24, 2.45) is 56.7 Å². The lowest BCUT2D eigenvalue weighted by atomic mass is 9.31. The van der Waals surface area contributed by atoms with E-state index in [1.54, 1.807) is 0 Å². The molecule has 5 aliphatic rings. The summed E-state index contributed by atoms with van der Waals surface area (Å²) in [6, 6.07) is 0. The molecule has 0 saturated heterocycles. The van der Waals surface area contributed by atoms with Gasteiger partial charge in [0.05, 0.1) is 11.7 Å². The van der Waals surface area contributed by atoms with Crippen molar-refractivity contribution in [2.45, 2.75) is 131 Å². The first kappa shape index (κ1) is 23.7. The summed E-state index contributed by atoms with van der Waals surface area (Å²) in [5.41, 5.74) is 0.524. The average Bonchev–Trinajstić information content (AvgIpc) is 3.06. The van der Waals surface area contributed by atoms with Crippen LogP contribution in [0.2, 0.25) is 0 Å². The first-order valence-corrected chi connectivity index (χ1v) is 14.1. The Morgan fingerprint density at radius 2 is 1.09 bits per heavy atom. The fraction of sp³-hybridized carbons (Fsp3) is 1.00. The molecule has 0 aromatic carbocycles. The minimum absolute atomic E-state index is 0.167. The summed E-state index contributed by atoms with van der Waals surface area (Å²) in [7, 11) is 0. The number of aliphatic hydroxyl groups is 2. The van der Waals surface area contributed by atoms with Gasteiger partial charge in [0, 0.05) is 5.41 Å².